The summed E-state index contributed by atoms with van der Waals surface area (Å²) in [5, 5.41) is 1.56. The van der Waals surface area contributed by atoms with Gasteiger partial charge >= 0.3 is 0 Å². The van der Waals surface area contributed by atoms with E-state index in [9.17, 15) is 0 Å². The van der Waals surface area contributed by atoms with E-state index in [-0.39, 0.29) is 6.61 Å². The SMILES string of the molecule is Clc1ccnc(COc2c(Cl)cccc2Cl)c1. The number of halogens is 3. The quantitative estimate of drug-likeness (QED) is 0.822. The summed E-state index contributed by atoms with van der Waals surface area (Å²) in [5.74, 6) is 0.456. The minimum atomic E-state index is 0.268. The maximum Gasteiger partial charge on any atom is 0.157 e. The zero-order valence-electron chi connectivity index (χ0n) is 8.66. The van der Waals surface area contributed by atoms with Crippen LogP contribution in [0.2, 0.25) is 15.1 Å². The van der Waals surface area contributed by atoms with E-state index in [1.165, 1.54) is 0 Å². The van der Waals surface area contributed by atoms with Gasteiger partial charge in [0.05, 0.1) is 15.7 Å². The molecule has 0 saturated heterocycles. The minimum absolute atomic E-state index is 0.268. The van der Waals surface area contributed by atoms with E-state index in [0.29, 0.717) is 26.5 Å². The Morgan fingerprint density at radius 2 is 1.76 bits per heavy atom. The molecule has 0 bridgehead atoms. The van der Waals surface area contributed by atoms with Crippen molar-refractivity contribution in [2.45, 2.75) is 6.61 Å². The molecule has 0 spiro atoms. The van der Waals surface area contributed by atoms with Crippen LogP contribution in [0, 0.1) is 0 Å². The van der Waals surface area contributed by atoms with E-state index in [2.05, 4.69) is 4.98 Å². The molecule has 0 saturated carbocycles. The zero-order chi connectivity index (χ0) is 12.3. The van der Waals surface area contributed by atoms with Gasteiger partial charge in [-0.25, -0.2) is 0 Å². The van der Waals surface area contributed by atoms with Gasteiger partial charge in [0.2, 0.25) is 0 Å². The van der Waals surface area contributed by atoms with Crippen LogP contribution in [-0.2, 0) is 6.61 Å². The van der Waals surface area contributed by atoms with E-state index < -0.39 is 0 Å². The number of rotatable bonds is 3. The fourth-order valence-electron chi connectivity index (χ4n) is 1.29. The van der Waals surface area contributed by atoms with Crippen LogP contribution in [-0.4, -0.2) is 4.98 Å². The van der Waals surface area contributed by atoms with Gasteiger partial charge in [0.15, 0.2) is 5.75 Å². The third-order valence-electron chi connectivity index (χ3n) is 2.06. The fraction of sp³-hybridized carbons (Fsp3) is 0.0833. The lowest BCUT2D eigenvalue weighted by atomic mass is 10.3. The van der Waals surface area contributed by atoms with Gasteiger partial charge in [-0.3, -0.25) is 4.98 Å². The third-order valence-corrected chi connectivity index (χ3v) is 2.89. The maximum atomic E-state index is 5.97. The van der Waals surface area contributed by atoms with Crippen molar-refractivity contribution in [3.8, 4) is 5.75 Å². The number of ether oxygens (including phenoxy) is 1. The lowest BCUT2D eigenvalue weighted by Crippen LogP contribution is -1.98. The second-order valence-corrected chi connectivity index (χ2v) is 4.56. The van der Waals surface area contributed by atoms with Crippen molar-refractivity contribution in [3.05, 3.63) is 57.3 Å². The first kappa shape index (κ1) is 12.5. The Balaban J connectivity index is 2.13. The lowest BCUT2D eigenvalue weighted by molar-refractivity contribution is 0.302. The molecule has 1 heterocycles. The Morgan fingerprint density at radius 1 is 1.06 bits per heavy atom. The van der Waals surface area contributed by atoms with Gasteiger partial charge in [-0.15, -0.1) is 0 Å². The molecule has 0 aliphatic heterocycles. The first-order valence-electron chi connectivity index (χ1n) is 4.84. The highest BCUT2D eigenvalue weighted by Gasteiger charge is 2.07. The molecule has 0 atom stereocenters. The van der Waals surface area contributed by atoms with Crippen LogP contribution in [0.25, 0.3) is 0 Å². The molecule has 0 aliphatic carbocycles. The Morgan fingerprint density at radius 3 is 2.41 bits per heavy atom. The number of hydrogen-bond donors (Lipinski definition) is 0. The number of aromatic nitrogens is 1. The molecule has 0 aliphatic rings. The Bertz CT molecular complexity index is 511. The lowest BCUT2D eigenvalue weighted by Gasteiger charge is -2.09. The average Bonchev–Trinajstić information content (AvgIpc) is 2.28. The average molecular weight is 289 g/mol. The third kappa shape index (κ3) is 3.25. The van der Waals surface area contributed by atoms with Crippen LogP contribution in [0.5, 0.6) is 5.75 Å². The predicted octanol–water partition coefficient (Wildman–Crippen LogP) is 4.62. The Labute approximate surface area is 114 Å². The first-order chi connectivity index (χ1) is 8.16. The summed E-state index contributed by atoms with van der Waals surface area (Å²) in [6.07, 6.45) is 1.62. The van der Waals surface area contributed by atoms with Crippen LogP contribution in [0.1, 0.15) is 5.69 Å². The number of hydrogen-bond acceptors (Lipinski definition) is 2. The van der Waals surface area contributed by atoms with Crippen molar-refractivity contribution in [1.29, 1.82) is 0 Å². The van der Waals surface area contributed by atoms with Crippen LogP contribution in [0.15, 0.2) is 36.5 Å². The number of benzene rings is 1. The zero-order valence-corrected chi connectivity index (χ0v) is 10.9. The van der Waals surface area contributed by atoms with Crippen LogP contribution < -0.4 is 4.74 Å². The summed E-state index contributed by atoms with van der Waals surface area (Å²) in [4.78, 5) is 4.12. The largest absolute Gasteiger partial charge is 0.484 e. The van der Waals surface area contributed by atoms with Crippen LogP contribution >= 0.6 is 34.8 Å². The van der Waals surface area contributed by atoms with Crippen molar-refractivity contribution >= 4 is 34.8 Å². The molecule has 1 aromatic heterocycles. The maximum absolute atomic E-state index is 5.97. The molecular weight excluding hydrogens is 280 g/mol. The van der Waals surface area contributed by atoms with Gasteiger partial charge in [0, 0.05) is 11.2 Å². The van der Waals surface area contributed by atoms with E-state index in [0.717, 1.165) is 0 Å². The summed E-state index contributed by atoms with van der Waals surface area (Å²) < 4.78 is 5.52. The van der Waals surface area contributed by atoms with Gasteiger partial charge in [-0.2, -0.15) is 0 Å². The molecule has 2 rings (SSSR count). The molecule has 5 heteroatoms. The number of para-hydroxylation sites is 1. The highest BCUT2D eigenvalue weighted by molar-refractivity contribution is 6.37. The Kier molecular flexibility index (Phi) is 4.11. The van der Waals surface area contributed by atoms with E-state index in [1.807, 2.05) is 0 Å². The molecule has 0 radical (unpaired) electrons. The van der Waals surface area contributed by atoms with Gasteiger partial charge in [0.1, 0.15) is 6.61 Å². The molecule has 17 heavy (non-hydrogen) atoms. The van der Waals surface area contributed by atoms with Gasteiger partial charge in [-0.1, -0.05) is 40.9 Å². The Hall–Kier alpha value is -0.960. The second-order valence-electron chi connectivity index (χ2n) is 3.30. The standard InChI is InChI=1S/C12H8Cl3NO/c13-8-4-5-16-9(6-8)7-17-12-10(14)2-1-3-11(12)15/h1-6H,7H2. The van der Waals surface area contributed by atoms with E-state index in [4.69, 9.17) is 39.5 Å². The summed E-state index contributed by atoms with van der Waals surface area (Å²) >= 11 is 17.8. The summed E-state index contributed by atoms with van der Waals surface area (Å²) in [5.41, 5.74) is 0.716. The van der Waals surface area contributed by atoms with Crippen molar-refractivity contribution < 1.29 is 4.74 Å². The molecular formula is C12H8Cl3NO. The topological polar surface area (TPSA) is 22.1 Å². The highest BCUT2D eigenvalue weighted by atomic mass is 35.5. The molecule has 0 amide bonds. The first-order valence-corrected chi connectivity index (χ1v) is 5.97. The minimum Gasteiger partial charge on any atom is -0.484 e. The van der Waals surface area contributed by atoms with Crippen LogP contribution in [0.4, 0.5) is 0 Å². The smallest absolute Gasteiger partial charge is 0.157 e. The fourth-order valence-corrected chi connectivity index (χ4v) is 1.98. The summed E-state index contributed by atoms with van der Waals surface area (Å²) in [6.45, 7) is 0.268. The van der Waals surface area contributed by atoms with E-state index >= 15 is 0 Å². The molecule has 1 aromatic carbocycles. The normalized spacial score (nSPS) is 10.3. The molecule has 0 N–H and O–H groups in total. The van der Waals surface area contributed by atoms with Crippen molar-refractivity contribution in [3.63, 3.8) is 0 Å². The molecule has 88 valence electrons. The predicted molar refractivity (Wildman–Crippen MR) is 70.0 cm³/mol. The van der Waals surface area contributed by atoms with Crippen molar-refractivity contribution in [1.82, 2.24) is 4.98 Å². The van der Waals surface area contributed by atoms with Gasteiger partial charge < -0.3 is 4.74 Å². The number of pyridine rings is 1. The van der Waals surface area contributed by atoms with E-state index in [1.54, 1.807) is 36.5 Å². The molecule has 2 nitrogen and oxygen atoms in total. The van der Waals surface area contributed by atoms with Crippen molar-refractivity contribution in [2.75, 3.05) is 0 Å². The van der Waals surface area contributed by atoms with Gasteiger partial charge in [-0.05, 0) is 24.3 Å². The molecule has 2 aromatic rings. The molecule has 0 unspecified atom stereocenters. The monoisotopic (exact) mass is 287 g/mol. The number of nitrogens with zero attached hydrogens (tertiary/aromatic N) is 1. The van der Waals surface area contributed by atoms with Crippen molar-refractivity contribution in [2.24, 2.45) is 0 Å². The van der Waals surface area contributed by atoms with Gasteiger partial charge in [0.25, 0.3) is 0 Å². The highest BCUT2D eigenvalue weighted by Crippen LogP contribution is 2.32. The molecule has 0 fully saturated rings. The summed E-state index contributed by atoms with van der Waals surface area (Å²) in [6, 6.07) is 8.62. The van der Waals surface area contributed by atoms with Crippen LogP contribution in [0.3, 0.4) is 0 Å². The second kappa shape index (κ2) is 5.58. The summed E-state index contributed by atoms with van der Waals surface area (Å²) in [7, 11) is 0.